The number of hydrogen-bond acceptors (Lipinski definition) is 8. The second kappa shape index (κ2) is 7.44. The number of fused-ring (bicyclic) bond motifs is 3. The molecule has 4 heterocycles. The van der Waals surface area contributed by atoms with E-state index >= 15 is 0 Å². The van der Waals surface area contributed by atoms with E-state index < -0.39 is 0 Å². The van der Waals surface area contributed by atoms with Gasteiger partial charge in [-0.2, -0.15) is 0 Å². The molecule has 1 saturated heterocycles. The van der Waals surface area contributed by atoms with Crippen LogP contribution >= 0.6 is 0 Å². The lowest BCUT2D eigenvalue weighted by Gasteiger charge is -2.35. The van der Waals surface area contributed by atoms with Crippen molar-refractivity contribution in [3.8, 4) is 0 Å². The van der Waals surface area contributed by atoms with Gasteiger partial charge in [0.1, 0.15) is 11.0 Å². The summed E-state index contributed by atoms with van der Waals surface area (Å²) in [7, 11) is 0. The van der Waals surface area contributed by atoms with Crippen LogP contribution in [-0.2, 0) is 0 Å². The lowest BCUT2D eigenvalue weighted by molar-refractivity contribution is -0.382. The van der Waals surface area contributed by atoms with Gasteiger partial charge in [-0.1, -0.05) is 6.07 Å². The Balaban J connectivity index is 1.55. The maximum Gasteiger partial charge on any atom is 0.323 e. The number of piperazine rings is 1. The van der Waals surface area contributed by atoms with Crippen LogP contribution in [0.25, 0.3) is 21.9 Å². The Morgan fingerprint density at radius 2 is 1.59 bits per heavy atom. The highest BCUT2D eigenvalue weighted by atomic mass is 16.6. The van der Waals surface area contributed by atoms with Crippen molar-refractivity contribution >= 4 is 39.4 Å². The summed E-state index contributed by atoms with van der Waals surface area (Å²) < 4.78 is 5.98. The van der Waals surface area contributed by atoms with Crippen LogP contribution in [0.4, 0.5) is 17.5 Å². The summed E-state index contributed by atoms with van der Waals surface area (Å²) in [4.78, 5) is 29.7. The number of rotatable bonds is 3. The van der Waals surface area contributed by atoms with E-state index in [1.54, 1.807) is 0 Å². The maximum atomic E-state index is 12.2. The highest BCUT2D eigenvalue weighted by molar-refractivity contribution is 6.12. The molecule has 0 radical (unpaired) electrons. The summed E-state index contributed by atoms with van der Waals surface area (Å²) in [6.45, 7) is 10.2. The number of nitrogens with zero attached hydrogens (tertiary/aromatic N) is 6. The SMILES string of the molecule is Cc1ccc2c(c1)oc1c(C)nc(N3CCN(c4nc(C)cc(C)n4)CC3)c([N+](=O)[O-])c12. The predicted molar refractivity (Wildman–Crippen MR) is 124 cm³/mol. The third kappa shape index (κ3) is 3.30. The van der Waals surface area contributed by atoms with Crippen LogP contribution in [0, 0.1) is 37.8 Å². The molecule has 1 aromatic carbocycles. The molecule has 5 rings (SSSR count). The van der Waals surface area contributed by atoms with Gasteiger partial charge in [0.2, 0.25) is 11.8 Å². The lowest BCUT2D eigenvalue weighted by atomic mass is 10.1. The molecule has 4 aromatic rings. The van der Waals surface area contributed by atoms with E-state index in [9.17, 15) is 10.1 Å². The summed E-state index contributed by atoms with van der Waals surface area (Å²) in [5, 5.41) is 13.5. The number of pyridine rings is 1. The average Bonchev–Trinajstić information content (AvgIpc) is 3.11. The van der Waals surface area contributed by atoms with Crippen molar-refractivity contribution in [2.24, 2.45) is 0 Å². The molecule has 1 aliphatic heterocycles. The fourth-order valence-electron chi connectivity index (χ4n) is 4.43. The number of benzene rings is 1. The number of furan rings is 1. The van der Waals surface area contributed by atoms with Crippen molar-refractivity contribution in [3.63, 3.8) is 0 Å². The van der Waals surface area contributed by atoms with Crippen molar-refractivity contribution in [1.82, 2.24) is 15.0 Å². The average molecular weight is 432 g/mol. The largest absolute Gasteiger partial charge is 0.454 e. The molecule has 32 heavy (non-hydrogen) atoms. The minimum atomic E-state index is -0.335. The number of nitro groups is 1. The van der Waals surface area contributed by atoms with Crippen LogP contribution < -0.4 is 9.80 Å². The smallest absolute Gasteiger partial charge is 0.323 e. The zero-order valence-corrected chi connectivity index (χ0v) is 18.5. The summed E-state index contributed by atoms with van der Waals surface area (Å²) in [5.74, 6) is 1.09. The summed E-state index contributed by atoms with van der Waals surface area (Å²) in [6, 6.07) is 7.68. The number of hydrogen-bond donors (Lipinski definition) is 0. The molecular weight excluding hydrogens is 408 g/mol. The Morgan fingerprint density at radius 1 is 0.938 bits per heavy atom. The number of aryl methyl sites for hydroxylation is 4. The number of anilines is 2. The normalized spacial score (nSPS) is 14.5. The van der Waals surface area contributed by atoms with Crippen LogP contribution in [0.1, 0.15) is 22.6 Å². The molecule has 9 nitrogen and oxygen atoms in total. The van der Waals surface area contributed by atoms with Crippen LogP contribution in [-0.4, -0.2) is 46.1 Å². The van der Waals surface area contributed by atoms with Gasteiger partial charge in [0, 0.05) is 43.0 Å². The van der Waals surface area contributed by atoms with E-state index in [-0.39, 0.29) is 10.6 Å². The third-order valence-electron chi connectivity index (χ3n) is 5.91. The molecule has 9 heteroatoms. The van der Waals surface area contributed by atoms with E-state index in [1.807, 2.05) is 56.9 Å². The summed E-state index contributed by atoms with van der Waals surface area (Å²) >= 11 is 0. The van der Waals surface area contributed by atoms with E-state index in [2.05, 4.69) is 19.9 Å². The predicted octanol–water partition coefficient (Wildman–Crippen LogP) is 4.24. The van der Waals surface area contributed by atoms with Gasteiger partial charge in [-0.05, 0) is 51.5 Å². The third-order valence-corrected chi connectivity index (χ3v) is 5.91. The van der Waals surface area contributed by atoms with Crippen LogP contribution in [0.15, 0.2) is 28.7 Å². The highest BCUT2D eigenvalue weighted by Gasteiger charge is 2.32. The maximum absolute atomic E-state index is 12.2. The van der Waals surface area contributed by atoms with E-state index in [4.69, 9.17) is 4.42 Å². The Morgan fingerprint density at radius 3 is 2.25 bits per heavy atom. The fraction of sp³-hybridized carbons (Fsp3) is 0.348. The van der Waals surface area contributed by atoms with Gasteiger partial charge >= 0.3 is 5.69 Å². The molecule has 0 N–H and O–H groups in total. The van der Waals surface area contributed by atoms with Gasteiger partial charge in [-0.15, -0.1) is 0 Å². The van der Waals surface area contributed by atoms with Crippen LogP contribution in [0.2, 0.25) is 0 Å². The lowest BCUT2D eigenvalue weighted by Crippen LogP contribution is -2.47. The Kier molecular flexibility index (Phi) is 4.69. The summed E-state index contributed by atoms with van der Waals surface area (Å²) in [6.07, 6.45) is 0. The monoisotopic (exact) mass is 432 g/mol. The minimum Gasteiger partial charge on any atom is -0.454 e. The van der Waals surface area contributed by atoms with E-state index in [1.165, 1.54) is 0 Å². The second-order valence-electron chi connectivity index (χ2n) is 8.36. The topological polar surface area (TPSA) is 101 Å². The first-order valence-corrected chi connectivity index (χ1v) is 10.6. The first kappa shape index (κ1) is 20.2. The van der Waals surface area contributed by atoms with Crippen LogP contribution in [0.3, 0.4) is 0 Å². The molecule has 3 aromatic heterocycles. The van der Waals surface area contributed by atoms with Gasteiger partial charge in [0.15, 0.2) is 5.58 Å². The van der Waals surface area contributed by atoms with Crippen molar-refractivity contribution in [2.45, 2.75) is 27.7 Å². The highest BCUT2D eigenvalue weighted by Crippen LogP contribution is 2.42. The zero-order valence-electron chi connectivity index (χ0n) is 18.5. The molecular formula is C23H24N6O3. The molecule has 0 saturated carbocycles. The Labute approximate surface area is 184 Å². The quantitative estimate of drug-likeness (QED) is 0.350. The van der Waals surface area contributed by atoms with Gasteiger partial charge in [-0.3, -0.25) is 10.1 Å². The van der Waals surface area contributed by atoms with Gasteiger partial charge in [0.05, 0.1) is 10.6 Å². The zero-order chi connectivity index (χ0) is 22.6. The molecule has 0 atom stereocenters. The Hall–Kier alpha value is -3.75. The van der Waals surface area contributed by atoms with Crippen molar-refractivity contribution in [1.29, 1.82) is 0 Å². The molecule has 0 aliphatic carbocycles. The van der Waals surface area contributed by atoms with Crippen molar-refractivity contribution < 1.29 is 9.34 Å². The first-order valence-electron chi connectivity index (χ1n) is 10.6. The molecule has 0 spiro atoms. The molecule has 0 amide bonds. The standard InChI is InChI=1S/C23H24N6O3/c1-13-5-6-17-18(11-13)32-21-16(4)26-22(20(19(17)21)29(30)31)27-7-9-28(10-8-27)23-24-14(2)12-15(3)25-23/h5-6,11-12H,7-10H2,1-4H3. The molecule has 0 unspecified atom stereocenters. The van der Waals surface area contributed by atoms with Crippen LogP contribution in [0.5, 0.6) is 0 Å². The number of aromatic nitrogens is 3. The summed E-state index contributed by atoms with van der Waals surface area (Å²) in [5.41, 5.74) is 4.66. The van der Waals surface area contributed by atoms with E-state index in [0.29, 0.717) is 60.2 Å². The Bertz CT molecular complexity index is 1350. The minimum absolute atomic E-state index is 0.00398. The molecule has 1 aliphatic rings. The van der Waals surface area contributed by atoms with Gasteiger partial charge in [0.25, 0.3) is 0 Å². The van der Waals surface area contributed by atoms with Crippen molar-refractivity contribution in [2.75, 3.05) is 36.0 Å². The fourth-order valence-corrected chi connectivity index (χ4v) is 4.43. The first-order chi connectivity index (χ1) is 15.3. The van der Waals surface area contributed by atoms with Crippen molar-refractivity contribution in [3.05, 3.63) is 57.0 Å². The molecule has 0 bridgehead atoms. The molecule has 1 fully saturated rings. The molecule has 164 valence electrons. The second-order valence-corrected chi connectivity index (χ2v) is 8.36. The van der Waals surface area contributed by atoms with Gasteiger partial charge in [-0.25, -0.2) is 15.0 Å². The van der Waals surface area contributed by atoms with Gasteiger partial charge < -0.3 is 14.2 Å². The van der Waals surface area contributed by atoms with E-state index in [0.717, 1.165) is 22.3 Å².